The number of furan rings is 1. The van der Waals surface area contributed by atoms with Crippen LogP contribution in [0.4, 0.5) is 10.5 Å². The largest absolute Gasteiger partial charge is 0.469 e. The molecule has 1 N–H and O–H groups in total. The minimum absolute atomic E-state index is 0.0892. The summed E-state index contributed by atoms with van der Waals surface area (Å²) in [4.78, 5) is 28.0. The van der Waals surface area contributed by atoms with Gasteiger partial charge in [0.15, 0.2) is 0 Å². The highest BCUT2D eigenvalue weighted by Crippen LogP contribution is 2.16. The maximum Gasteiger partial charge on any atom is 0.321 e. The molecule has 1 aliphatic heterocycles. The molecule has 0 aliphatic carbocycles. The fraction of sp³-hybridized carbons (Fsp3) is 0.333. The van der Waals surface area contributed by atoms with Gasteiger partial charge in [-0.25, -0.2) is 4.79 Å². The lowest BCUT2D eigenvalue weighted by Gasteiger charge is -2.34. The van der Waals surface area contributed by atoms with Crippen LogP contribution in [0.2, 0.25) is 5.02 Å². The predicted molar refractivity (Wildman–Crippen MR) is 95.7 cm³/mol. The van der Waals surface area contributed by atoms with E-state index in [2.05, 4.69) is 5.32 Å². The van der Waals surface area contributed by atoms with Gasteiger partial charge in [-0.1, -0.05) is 17.7 Å². The van der Waals surface area contributed by atoms with Crippen molar-refractivity contribution in [2.45, 2.75) is 12.8 Å². The molecule has 0 spiro atoms. The van der Waals surface area contributed by atoms with E-state index in [1.54, 1.807) is 40.3 Å². The van der Waals surface area contributed by atoms with Crippen LogP contribution in [0.3, 0.4) is 0 Å². The van der Waals surface area contributed by atoms with Gasteiger partial charge in [0, 0.05) is 49.7 Å². The summed E-state index contributed by atoms with van der Waals surface area (Å²) in [6.07, 6.45) is 2.63. The molecule has 1 aromatic carbocycles. The number of carbonyl (C=O) groups is 2. The van der Waals surface area contributed by atoms with E-state index in [1.807, 2.05) is 12.1 Å². The van der Waals surface area contributed by atoms with Crippen molar-refractivity contribution >= 4 is 29.2 Å². The fourth-order valence-electron chi connectivity index (χ4n) is 2.77. The number of nitrogens with zero attached hydrogens (tertiary/aromatic N) is 2. The zero-order valence-corrected chi connectivity index (χ0v) is 14.5. The van der Waals surface area contributed by atoms with Crippen molar-refractivity contribution < 1.29 is 14.0 Å². The summed E-state index contributed by atoms with van der Waals surface area (Å²) in [6, 6.07) is 10.5. The molecule has 1 fully saturated rings. The Morgan fingerprint density at radius 2 is 1.84 bits per heavy atom. The number of anilines is 1. The molecule has 0 radical (unpaired) electrons. The van der Waals surface area contributed by atoms with Crippen LogP contribution >= 0.6 is 11.6 Å². The van der Waals surface area contributed by atoms with Crippen LogP contribution in [-0.2, 0) is 11.2 Å². The van der Waals surface area contributed by atoms with Gasteiger partial charge in [0.2, 0.25) is 5.91 Å². The molecule has 1 aromatic heterocycles. The van der Waals surface area contributed by atoms with Crippen LogP contribution in [0, 0.1) is 0 Å². The number of piperazine rings is 1. The van der Waals surface area contributed by atoms with Crippen molar-refractivity contribution in [3.05, 3.63) is 53.4 Å². The summed E-state index contributed by atoms with van der Waals surface area (Å²) in [5.74, 6) is 0.902. The summed E-state index contributed by atoms with van der Waals surface area (Å²) in [6.45, 7) is 2.11. The highest BCUT2D eigenvalue weighted by molar-refractivity contribution is 6.30. The number of rotatable bonds is 4. The van der Waals surface area contributed by atoms with Gasteiger partial charge in [0.25, 0.3) is 0 Å². The summed E-state index contributed by atoms with van der Waals surface area (Å²) < 4.78 is 5.24. The van der Waals surface area contributed by atoms with E-state index in [4.69, 9.17) is 16.0 Å². The van der Waals surface area contributed by atoms with Crippen molar-refractivity contribution in [1.82, 2.24) is 9.80 Å². The predicted octanol–water partition coefficient (Wildman–Crippen LogP) is 3.24. The van der Waals surface area contributed by atoms with E-state index in [1.165, 1.54) is 0 Å². The zero-order valence-electron chi connectivity index (χ0n) is 13.8. The van der Waals surface area contributed by atoms with E-state index >= 15 is 0 Å². The summed E-state index contributed by atoms with van der Waals surface area (Å²) in [5.41, 5.74) is 0.662. The van der Waals surface area contributed by atoms with Crippen LogP contribution in [0.15, 0.2) is 47.1 Å². The Labute approximate surface area is 151 Å². The highest BCUT2D eigenvalue weighted by Gasteiger charge is 2.24. The molecule has 2 aromatic rings. The second-order valence-electron chi connectivity index (χ2n) is 5.89. The normalized spacial score (nSPS) is 14.4. The minimum Gasteiger partial charge on any atom is -0.469 e. The number of aryl methyl sites for hydroxylation is 1. The number of urea groups is 1. The molecule has 1 saturated heterocycles. The van der Waals surface area contributed by atoms with Crippen molar-refractivity contribution in [2.75, 3.05) is 31.5 Å². The Hall–Kier alpha value is -2.47. The number of hydrogen-bond donors (Lipinski definition) is 1. The van der Waals surface area contributed by atoms with E-state index in [0.717, 1.165) is 5.76 Å². The Morgan fingerprint density at radius 3 is 2.52 bits per heavy atom. The van der Waals surface area contributed by atoms with Crippen LogP contribution < -0.4 is 5.32 Å². The maximum atomic E-state index is 12.3. The third-order valence-corrected chi connectivity index (χ3v) is 4.40. The summed E-state index contributed by atoms with van der Waals surface area (Å²) >= 11 is 5.92. The van der Waals surface area contributed by atoms with Crippen LogP contribution in [0.1, 0.15) is 12.2 Å². The number of amides is 3. The number of carbonyl (C=O) groups excluding carboxylic acids is 2. The Balaban J connectivity index is 1.44. The molecule has 0 saturated carbocycles. The second-order valence-corrected chi connectivity index (χ2v) is 6.32. The number of benzene rings is 1. The standard InChI is InChI=1S/C18H20ClN3O3/c19-14-3-1-4-15(13-14)20-18(24)22-10-8-21(9-11-22)17(23)7-6-16-5-2-12-25-16/h1-5,12-13H,6-11H2,(H,20,24). The SMILES string of the molecule is O=C(CCc1ccco1)N1CCN(C(=O)Nc2cccc(Cl)c2)CC1. The quantitative estimate of drug-likeness (QED) is 0.909. The first-order valence-electron chi connectivity index (χ1n) is 8.23. The third-order valence-electron chi connectivity index (χ3n) is 4.16. The van der Waals surface area contributed by atoms with E-state index in [0.29, 0.717) is 49.7 Å². The fourth-order valence-corrected chi connectivity index (χ4v) is 2.96. The summed E-state index contributed by atoms with van der Waals surface area (Å²) in [5, 5.41) is 3.40. The van der Waals surface area contributed by atoms with E-state index < -0.39 is 0 Å². The third kappa shape index (κ3) is 4.76. The Kier molecular flexibility index (Phi) is 5.60. The van der Waals surface area contributed by atoms with Crippen molar-refractivity contribution in [2.24, 2.45) is 0 Å². The number of hydrogen-bond acceptors (Lipinski definition) is 3. The van der Waals surface area contributed by atoms with Crippen LogP contribution in [0.25, 0.3) is 0 Å². The topological polar surface area (TPSA) is 65.8 Å². The molecular weight excluding hydrogens is 342 g/mol. The molecule has 2 heterocycles. The molecule has 0 unspecified atom stereocenters. The monoisotopic (exact) mass is 361 g/mol. The molecule has 132 valence electrons. The lowest BCUT2D eigenvalue weighted by atomic mass is 10.2. The molecule has 0 atom stereocenters. The van der Waals surface area contributed by atoms with Crippen molar-refractivity contribution in [1.29, 1.82) is 0 Å². The average Bonchev–Trinajstić information content (AvgIpc) is 3.13. The molecule has 3 rings (SSSR count). The maximum absolute atomic E-state index is 12.3. The van der Waals surface area contributed by atoms with E-state index in [9.17, 15) is 9.59 Å². The molecule has 6 nitrogen and oxygen atoms in total. The van der Waals surface area contributed by atoms with Gasteiger partial charge in [0.1, 0.15) is 5.76 Å². The average molecular weight is 362 g/mol. The van der Waals surface area contributed by atoms with Crippen molar-refractivity contribution in [3.8, 4) is 0 Å². The Bertz CT molecular complexity index is 725. The minimum atomic E-state index is -0.176. The molecule has 25 heavy (non-hydrogen) atoms. The van der Waals surface area contributed by atoms with Gasteiger partial charge in [-0.05, 0) is 30.3 Å². The van der Waals surface area contributed by atoms with Gasteiger partial charge >= 0.3 is 6.03 Å². The number of halogens is 1. The number of nitrogens with one attached hydrogen (secondary N) is 1. The summed E-state index contributed by atoms with van der Waals surface area (Å²) in [7, 11) is 0. The first-order chi connectivity index (χ1) is 12.1. The lowest BCUT2D eigenvalue weighted by molar-refractivity contribution is -0.132. The second kappa shape index (κ2) is 8.07. The van der Waals surface area contributed by atoms with E-state index in [-0.39, 0.29) is 11.9 Å². The van der Waals surface area contributed by atoms with Crippen LogP contribution in [-0.4, -0.2) is 47.9 Å². The first-order valence-corrected chi connectivity index (χ1v) is 8.61. The first kappa shape index (κ1) is 17.4. The Morgan fingerprint density at radius 1 is 1.08 bits per heavy atom. The van der Waals surface area contributed by atoms with Crippen LogP contribution in [0.5, 0.6) is 0 Å². The molecule has 3 amide bonds. The molecule has 1 aliphatic rings. The van der Waals surface area contributed by atoms with Gasteiger partial charge in [0.05, 0.1) is 6.26 Å². The van der Waals surface area contributed by atoms with Crippen molar-refractivity contribution in [3.63, 3.8) is 0 Å². The lowest BCUT2D eigenvalue weighted by Crippen LogP contribution is -2.51. The van der Waals surface area contributed by atoms with Gasteiger partial charge in [-0.2, -0.15) is 0 Å². The van der Waals surface area contributed by atoms with Gasteiger partial charge < -0.3 is 19.5 Å². The van der Waals surface area contributed by atoms with Gasteiger partial charge in [-0.3, -0.25) is 4.79 Å². The van der Waals surface area contributed by atoms with Gasteiger partial charge in [-0.15, -0.1) is 0 Å². The zero-order chi connectivity index (χ0) is 17.6. The molecule has 7 heteroatoms. The molecule has 0 bridgehead atoms. The molecular formula is C18H20ClN3O3. The highest BCUT2D eigenvalue weighted by atomic mass is 35.5. The smallest absolute Gasteiger partial charge is 0.321 e.